The van der Waals surface area contributed by atoms with Crippen LogP contribution in [0.25, 0.3) is 0 Å². The zero-order valence-electron chi connectivity index (χ0n) is 46.0. The van der Waals surface area contributed by atoms with Gasteiger partial charge >= 0.3 is 0 Å². The summed E-state index contributed by atoms with van der Waals surface area (Å²) in [5.41, 5.74) is 0. The highest BCUT2D eigenvalue weighted by Gasteiger charge is 2.23. The van der Waals surface area contributed by atoms with Gasteiger partial charge < -0.3 is 28.8 Å². The Balaban J connectivity index is 4.27. The summed E-state index contributed by atoms with van der Waals surface area (Å²) in [4.78, 5) is 25.5. The number of rotatable bonds is 53. The van der Waals surface area contributed by atoms with E-state index in [2.05, 4.69) is 67.8 Å². The molecule has 0 radical (unpaired) electrons. The second kappa shape index (κ2) is 51.1. The van der Waals surface area contributed by atoms with E-state index in [0.717, 1.165) is 51.4 Å². The number of hydrogen-bond donors (Lipinski definition) is 2. The number of unbranched alkanes of at least 4 members (excludes halogenated alkanes) is 32. The fourth-order valence-corrected chi connectivity index (χ4v) is 9.06. The van der Waals surface area contributed by atoms with E-state index >= 15 is 0 Å². The van der Waals surface area contributed by atoms with Gasteiger partial charge in [-0.2, -0.15) is 0 Å². The summed E-state index contributed by atoms with van der Waals surface area (Å²) in [6, 6.07) is -0.913. The van der Waals surface area contributed by atoms with Gasteiger partial charge in [-0.25, -0.2) is 0 Å². The van der Waals surface area contributed by atoms with Crippen LogP contribution < -0.4 is 10.2 Å². The van der Waals surface area contributed by atoms with Crippen LogP contribution in [0.2, 0.25) is 0 Å². The van der Waals surface area contributed by atoms with Gasteiger partial charge in [0, 0.05) is 6.42 Å². The molecule has 3 unspecified atom stereocenters. The van der Waals surface area contributed by atoms with Crippen LogP contribution >= 0.6 is 7.82 Å². The van der Waals surface area contributed by atoms with Gasteiger partial charge in [0.2, 0.25) is 5.91 Å². The van der Waals surface area contributed by atoms with E-state index < -0.39 is 26.6 Å². The first-order valence-corrected chi connectivity index (χ1v) is 30.6. The van der Waals surface area contributed by atoms with E-state index in [1.807, 2.05) is 27.2 Å². The molecular formula is C60H113N2O6P. The lowest BCUT2D eigenvalue weighted by molar-refractivity contribution is -0.870. The zero-order chi connectivity index (χ0) is 50.6. The van der Waals surface area contributed by atoms with Crippen LogP contribution in [0.1, 0.15) is 264 Å². The third-order valence-corrected chi connectivity index (χ3v) is 13.9. The molecule has 8 nitrogen and oxygen atoms in total. The molecule has 0 aliphatic carbocycles. The van der Waals surface area contributed by atoms with Crippen molar-refractivity contribution >= 4 is 13.7 Å². The fourth-order valence-electron chi connectivity index (χ4n) is 8.33. The summed E-state index contributed by atoms with van der Waals surface area (Å²) in [5.74, 6) is -0.211. The van der Waals surface area contributed by atoms with Crippen molar-refractivity contribution in [2.45, 2.75) is 276 Å². The molecule has 0 heterocycles. The lowest BCUT2D eigenvalue weighted by Crippen LogP contribution is -2.45. The number of amides is 1. The maximum Gasteiger partial charge on any atom is 0.268 e. The highest BCUT2D eigenvalue weighted by Crippen LogP contribution is 2.38. The Morgan fingerprint density at radius 2 is 0.855 bits per heavy atom. The van der Waals surface area contributed by atoms with Crippen molar-refractivity contribution in [2.75, 3.05) is 40.9 Å². The number of hydrogen-bond acceptors (Lipinski definition) is 6. The molecule has 1 amide bonds. The largest absolute Gasteiger partial charge is 0.756 e. The second-order valence-corrected chi connectivity index (χ2v) is 22.4. The molecule has 0 saturated carbocycles. The van der Waals surface area contributed by atoms with Crippen LogP contribution in [0.5, 0.6) is 0 Å². The number of carbonyl (C=O) groups is 1. The Kier molecular flexibility index (Phi) is 49.8. The second-order valence-electron chi connectivity index (χ2n) is 21.0. The minimum absolute atomic E-state index is 0.0103. The van der Waals surface area contributed by atoms with Crippen LogP contribution in [0.3, 0.4) is 0 Å². The Morgan fingerprint density at radius 3 is 1.26 bits per heavy atom. The Morgan fingerprint density at radius 1 is 0.507 bits per heavy atom. The molecule has 0 spiro atoms. The van der Waals surface area contributed by atoms with Crippen LogP contribution in [0.4, 0.5) is 0 Å². The number of likely N-dealkylation sites (N-methyl/N-ethyl adjacent to an activating group) is 1. The van der Waals surface area contributed by atoms with Crippen molar-refractivity contribution in [1.29, 1.82) is 0 Å². The molecule has 0 aliphatic rings. The molecule has 2 N–H and O–H groups in total. The topological polar surface area (TPSA) is 108 Å². The fraction of sp³-hybridized carbons (Fsp3) is 0.817. The summed E-state index contributed by atoms with van der Waals surface area (Å²) in [7, 11) is 1.24. The monoisotopic (exact) mass is 989 g/mol. The Labute approximate surface area is 428 Å². The Bertz CT molecular complexity index is 1310. The van der Waals surface area contributed by atoms with E-state index in [0.29, 0.717) is 17.4 Å². The molecule has 0 aromatic rings. The molecular weight excluding hydrogens is 876 g/mol. The van der Waals surface area contributed by atoms with Crippen LogP contribution in [-0.4, -0.2) is 68.5 Å². The summed E-state index contributed by atoms with van der Waals surface area (Å²) in [6.45, 7) is 4.63. The normalized spacial score (nSPS) is 14.4. The van der Waals surface area contributed by atoms with Crippen molar-refractivity contribution < 1.29 is 32.9 Å². The van der Waals surface area contributed by atoms with E-state index in [-0.39, 0.29) is 12.5 Å². The van der Waals surface area contributed by atoms with Gasteiger partial charge in [-0.3, -0.25) is 9.36 Å². The standard InChI is InChI=1S/C60H113N2O6P/c1-6-8-10-12-14-16-18-20-22-24-26-28-30-31-32-34-36-38-40-42-44-46-48-50-52-54-60(64)61-58(57-68-69(65,66)67-56-55-62(3,4)5)59(63)53-51-49-47-45-43-41-39-37-35-33-29-27-25-23-21-19-17-15-13-11-9-7-2/h18,20,24,26,35,37,43,45,51,53,58-59,63H,6-17,19,21-23,25,27-34,36,38-42,44,46-50,52,54-57H2,1-5H3,(H-,61,64,65,66)/b20-18-,26-24-,37-35+,45-43+,53-51+. The molecule has 69 heavy (non-hydrogen) atoms. The van der Waals surface area contributed by atoms with E-state index in [1.165, 1.54) is 193 Å². The summed E-state index contributed by atoms with van der Waals surface area (Å²) >= 11 is 0. The third kappa shape index (κ3) is 53.8. The van der Waals surface area contributed by atoms with Crippen molar-refractivity contribution in [1.82, 2.24) is 5.32 Å². The number of carbonyl (C=O) groups excluding carboxylic acids is 1. The van der Waals surface area contributed by atoms with Crippen molar-refractivity contribution in [3.8, 4) is 0 Å². The van der Waals surface area contributed by atoms with E-state index in [9.17, 15) is 19.4 Å². The van der Waals surface area contributed by atoms with E-state index in [1.54, 1.807) is 6.08 Å². The molecule has 0 bridgehead atoms. The molecule has 0 fully saturated rings. The number of allylic oxidation sites excluding steroid dienone is 9. The predicted octanol–water partition coefficient (Wildman–Crippen LogP) is 17.1. The number of aliphatic hydroxyl groups excluding tert-OH is 1. The summed E-state index contributed by atoms with van der Waals surface area (Å²) in [6.07, 6.45) is 68.7. The molecule has 0 aromatic heterocycles. The molecule has 0 saturated heterocycles. The number of nitrogens with one attached hydrogen (secondary N) is 1. The van der Waals surface area contributed by atoms with Crippen molar-refractivity contribution in [3.63, 3.8) is 0 Å². The molecule has 3 atom stereocenters. The van der Waals surface area contributed by atoms with Gasteiger partial charge in [0.1, 0.15) is 13.2 Å². The maximum atomic E-state index is 13.0. The van der Waals surface area contributed by atoms with Crippen LogP contribution in [-0.2, 0) is 18.4 Å². The SMILES string of the molecule is CCCCCCC/C=C\C/C=C\CCCCCCCCCCCCCCCC(=O)NC(COP(=O)([O-])OCC[N+](C)(C)C)C(O)/C=C/CC/C=C/CC/C=C/CCCCCCCCCCCCCC. The molecule has 404 valence electrons. The van der Waals surface area contributed by atoms with Crippen LogP contribution in [0, 0.1) is 0 Å². The first-order valence-electron chi connectivity index (χ1n) is 29.2. The lowest BCUT2D eigenvalue weighted by Gasteiger charge is -2.29. The van der Waals surface area contributed by atoms with Gasteiger partial charge in [0.05, 0.1) is 39.9 Å². The minimum atomic E-state index is -4.61. The lowest BCUT2D eigenvalue weighted by atomic mass is 10.0. The van der Waals surface area contributed by atoms with Crippen molar-refractivity contribution in [3.05, 3.63) is 60.8 Å². The average molecular weight is 990 g/mol. The predicted molar refractivity (Wildman–Crippen MR) is 297 cm³/mol. The summed E-state index contributed by atoms with van der Waals surface area (Å²) < 4.78 is 23.3. The van der Waals surface area contributed by atoms with Crippen LogP contribution in [0.15, 0.2) is 60.8 Å². The Hall–Kier alpha value is -1.80. The maximum absolute atomic E-state index is 13.0. The molecule has 0 aromatic carbocycles. The highest BCUT2D eigenvalue weighted by molar-refractivity contribution is 7.45. The summed E-state index contributed by atoms with van der Waals surface area (Å²) in [5, 5.41) is 13.9. The average Bonchev–Trinajstić information content (AvgIpc) is 3.31. The number of phosphoric acid groups is 1. The smallest absolute Gasteiger partial charge is 0.268 e. The number of phosphoric ester groups is 1. The van der Waals surface area contributed by atoms with Gasteiger partial charge in [-0.1, -0.05) is 242 Å². The first-order chi connectivity index (χ1) is 33.5. The highest BCUT2D eigenvalue weighted by atomic mass is 31.2. The van der Waals surface area contributed by atoms with Gasteiger partial charge in [0.15, 0.2) is 0 Å². The number of quaternary nitrogens is 1. The number of nitrogens with zero attached hydrogens (tertiary/aromatic N) is 1. The third-order valence-electron chi connectivity index (χ3n) is 12.9. The van der Waals surface area contributed by atoms with E-state index in [4.69, 9.17) is 9.05 Å². The zero-order valence-corrected chi connectivity index (χ0v) is 46.9. The van der Waals surface area contributed by atoms with Gasteiger partial charge in [-0.15, -0.1) is 0 Å². The van der Waals surface area contributed by atoms with Gasteiger partial charge in [-0.05, 0) is 77.0 Å². The molecule has 0 aliphatic heterocycles. The molecule has 0 rings (SSSR count). The van der Waals surface area contributed by atoms with Gasteiger partial charge in [0.25, 0.3) is 7.82 Å². The molecule has 9 heteroatoms. The van der Waals surface area contributed by atoms with Crippen molar-refractivity contribution in [2.24, 2.45) is 0 Å². The number of aliphatic hydroxyl groups is 1. The first kappa shape index (κ1) is 67.2. The minimum Gasteiger partial charge on any atom is -0.756 e. The quantitative estimate of drug-likeness (QED) is 0.0272.